The number of carbonyl (C=O) groups excluding carboxylic acids is 1. The lowest BCUT2D eigenvalue weighted by Gasteiger charge is -2.08. The van der Waals surface area contributed by atoms with Crippen LogP contribution in [0, 0.1) is 12.7 Å². The van der Waals surface area contributed by atoms with Gasteiger partial charge in [0.2, 0.25) is 0 Å². The van der Waals surface area contributed by atoms with E-state index in [0.29, 0.717) is 22.0 Å². The molecule has 4 nitrogen and oxygen atoms in total. The third kappa shape index (κ3) is 4.03. The van der Waals surface area contributed by atoms with E-state index in [4.69, 9.17) is 11.6 Å². The van der Waals surface area contributed by atoms with Gasteiger partial charge in [0, 0.05) is 22.7 Å². The van der Waals surface area contributed by atoms with E-state index in [1.807, 2.05) is 12.1 Å². The zero-order valence-electron chi connectivity index (χ0n) is 13.6. The zero-order valence-corrected chi connectivity index (χ0v) is 15.2. The highest BCUT2D eigenvalue weighted by Gasteiger charge is 2.21. The van der Waals surface area contributed by atoms with Gasteiger partial charge in [-0.1, -0.05) is 23.4 Å². The summed E-state index contributed by atoms with van der Waals surface area (Å²) in [6, 6.07) is 13.0. The second-order valence-corrected chi connectivity index (χ2v) is 6.90. The molecule has 1 amide bonds. The van der Waals surface area contributed by atoms with E-state index in [0.717, 1.165) is 9.92 Å². The molecule has 0 unspecified atom stereocenters. The van der Waals surface area contributed by atoms with Crippen LogP contribution in [0.1, 0.15) is 16.1 Å². The van der Waals surface area contributed by atoms with Crippen molar-refractivity contribution in [3.63, 3.8) is 0 Å². The maximum atomic E-state index is 13.0. The molecule has 25 heavy (non-hydrogen) atoms. The molecule has 128 valence electrons. The Kier molecular flexibility index (Phi) is 5.11. The molecule has 1 aromatic heterocycles. The van der Waals surface area contributed by atoms with Gasteiger partial charge < -0.3 is 5.32 Å². The van der Waals surface area contributed by atoms with Gasteiger partial charge >= 0.3 is 0 Å². The fourth-order valence-electron chi connectivity index (χ4n) is 2.36. The number of hydrogen-bond acceptors (Lipinski definition) is 3. The third-order valence-corrected chi connectivity index (χ3v) is 4.95. The minimum Gasteiger partial charge on any atom is -0.322 e. The van der Waals surface area contributed by atoms with Crippen molar-refractivity contribution in [2.45, 2.75) is 16.8 Å². The third-order valence-electron chi connectivity index (χ3n) is 3.53. The maximum Gasteiger partial charge on any atom is 0.260 e. The first-order chi connectivity index (χ1) is 11.9. The van der Waals surface area contributed by atoms with Crippen molar-refractivity contribution < 1.29 is 9.18 Å². The van der Waals surface area contributed by atoms with Crippen molar-refractivity contribution in [1.82, 2.24) is 9.78 Å². The Balaban J connectivity index is 1.88. The summed E-state index contributed by atoms with van der Waals surface area (Å²) in [6.45, 7) is 1.78. The van der Waals surface area contributed by atoms with E-state index in [9.17, 15) is 9.18 Å². The molecule has 0 aliphatic heterocycles. The molecule has 0 radical (unpaired) electrons. The smallest absolute Gasteiger partial charge is 0.260 e. The van der Waals surface area contributed by atoms with Gasteiger partial charge in [0.15, 0.2) is 0 Å². The number of hydrogen-bond donors (Lipinski definition) is 1. The number of nitrogens with zero attached hydrogens (tertiary/aromatic N) is 2. The lowest BCUT2D eigenvalue weighted by Crippen LogP contribution is -2.13. The monoisotopic (exact) mass is 375 g/mol. The number of carbonyl (C=O) groups is 1. The van der Waals surface area contributed by atoms with Crippen molar-refractivity contribution in [2.75, 3.05) is 5.32 Å². The molecule has 0 fully saturated rings. The molecule has 0 spiro atoms. The van der Waals surface area contributed by atoms with Crippen LogP contribution in [0.2, 0.25) is 5.02 Å². The van der Waals surface area contributed by atoms with E-state index in [1.54, 1.807) is 30.8 Å². The average molecular weight is 376 g/mol. The summed E-state index contributed by atoms with van der Waals surface area (Å²) < 4.78 is 14.7. The van der Waals surface area contributed by atoms with Gasteiger partial charge in [0.05, 0.1) is 11.3 Å². The lowest BCUT2D eigenvalue weighted by molar-refractivity contribution is 0.102. The number of amides is 1. The highest BCUT2D eigenvalue weighted by atomic mass is 35.5. The van der Waals surface area contributed by atoms with Gasteiger partial charge in [-0.3, -0.25) is 9.48 Å². The molecule has 0 bridgehead atoms. The van der Waals surface area contributed by atoms with E-state index in [-0.39, 0.29) is 11.7 Å². The van der Waals surface area contributed by atoms with Crippen molar-refractivity contribution in [2.24, 2.45) is 7.05 Å². The Labute approximate surface area is 154 Å². The molecule has 0 aliphatic carbocycles. The Morgan fingerprint density at radius 2 is 1.80 bits per heavy atom. The largest absolute Gasteiger partial charge is 0.322 e. The molecular weight excluding hydrogens is 361 g/mol. The standard InChI is InChI=1S/C18H15ClFN3OS/c1-11-16(17(24)21-14-7-5-13(20)6-8-14)18(23(2)22-11)25-15-9-3-12(19)4-10-15/h3-10H,1-2H3,(H,21,24). The van der Waals surface area contributed by atoms with Gasteiger partial charge in [-0.25, -0.2) is 4.39 Å². The van der Waals surface area contributed by atoms with Crippen LogP contribution in [0.5, 0.6) is 0 Å². The molecule has 0 saturated heterocycles. The van der Waals surface area contributed by atoms with Crippen LogP contribution in [0.15, 0.2) is 58.5 Å². The second kappa shape index (κ2) is 7.29. The number of nitrogens with one attached hydrogen (secondary N) is 1. The molecular formula is C18H15ClFN3OS. The Bertz CT molecular complexity index is 907. The summed E-state index contributed by atoms with van der Waals surface area (Å²) in [5.41, 5.74) is 1.64. The van der Waals surface area contributed by atoms with Crippen molar-refractivity contribution in [1.29, 1.82) is 0 Å². The van der Waals surface area contributed by atoms with E-state index < -0.39 is 0 Å². The number of aryl methyl sites for hydroxylation is 2. The van der Waals surface area contributed by atoms with Crippen molar-refractivity contribution >= 4 is 35.0 Å². The van der Waals surface area contributed by atoms with Gasteiger partial charge in [0.1, 0.15) is 10.8 Å². The SMILES string of the molecule is Cc1nn(C)c(Sc2ccc(Cl)cc2)c1C(=O)Nc1ccc(F)cc1. The first-order valence-corrected chi connectivity index (χ1v) is 8.67. The molecule has 0 saturated carbocycles. The number of benzene rings is 2. The van der Waals surface area contributed by atoms with Crippen LogP contribution in [0.25, 0.3) is 0 Å². The van der Waals surface area contributed by atoms with E-state index >= 15 is 0 Å². The molecule has 0 aliphatic rings. The molecule has 7 heteroatoms. The predicted molar refractivity (Wildman–Crippen MR) is 97.9 cm³/mol. The molecule has 0 atom stereocenters. The van der Waals surface area contributed by atoms with Gasteiger partial charge in [0.25, 0.3) is 5.91 Å². The fraction of sp³-hybridized carbons (Fsp3) is 0.111. The fourth-order valence-corrected chi connectivity index (χ4v) is 3.49. The van der Waals surface area contributed by atoms with Crippen LogP contribution in [-0.4, -0.2) is 15.7 Å². The maximum absolute atomic E-state index is 13.0. The van der Waals surface area contributed by atoms with Gasteiger partial charge in [-0.2, -0.15) is 5.10 Å². The zero-order chi connectivity index (χ0) is 18.0. The highest BCUT2D eigenvalue weighted by molar-refractivity contribution is 7.99. The lowest BCUT2D eigenvalue weighted by atomic mass is 10.2. The topological polar surface area (TPSA) is 46.9 Å². The Hall–Kier alpha value is -2.31. The van der Waals surface area contributed by atoms with Crippen LogP contribution < -0.4 is 5.32 Å². The van der Waals surface area contributed by atoms with Crippen LogP contribution in [0.3, 0.4) is 0 Å². The average Bonchev–Trinajstić information content (AvgIpc) is 2.85. The van der Waals surface area contributed by atoms with E-state index in [1.165, 1.54) is 36.0 Å². The second-order valence-electron chi connectivity index (χ2n) is 5.41. The van der Waals surface area contributed by atoms with E-state index in [2.05, 4.69) is 10.4 Å². The molecule has 2 aromatic carbocycles. The van der Waals surface area contributed by atoms with Gasteiger partial charge in [-0.05, 0) is 55.5 Å². The van der Waals surface area contributed by atoms with Crippen molar-refractivity contribution in [3.05, 3.63) is 70.6 Å². The summed E-state index contributed by atoms with van der Waals surface area (Å²) >= 11 is 7.35. The summed E-state index contributed by atoms with van der Waals surface area (Å²) in [4.78, 5) is 13.7. The normalized spacial score (nSPS) is 10.7. The first-order valence-electron chi connectivity index (χ1n) is 7.48. The Morgan fingerprint density at radius 1 is 1.16 bits per heavy atom. The molecule has 1 heterocycles. The molecule has 1 N–H and O–H groups in total. The Morgan fingerprint density at radius 3 is 2.44 bits per heavy atom. The van der Waals surface area contributed by atoms with Crippen LogP contribution >= 0.6 is 23.4 Å². The van der Waals surface area contributed by atoms with Gasteiger partial charge in [-0.15, -0.1) is 0 Å². The van der Waals surface area contributed by atoms with Crippen molar-refractivity contribution in [3.8, 4) is 0 Å². The summed E-state index contributed by atoms with van der Waals surface area (Å²) in [5.74, 6) is -0.636. The minimum absolute atomic E-state index is 0.284. The van der Waals surface area contributed by atoms with Crippen LogP contribution in [0.4, 0.5) is 10.1 Å². The quantitative estimate of drug-likeness (QED) is 0.703. The predicted octanol–water partition coefficient (Wildman–Crippen LogP) is 4.92. The first kappa shape index (κ1) is 17.5. The summed E-state index contributed by atoms with van der Waals surface area (Å²) in [6.07, 6.45) is 0. The molecule has 3 rings (SSSR count). The minimum atomic E-state index is -0.352. The molecule has 3 aromatic rings. The number of rotatable bonds is 4. The summed E-state index contributed by atoms with van der Waals surface area (Å²) in [5, 5.41) is 8.51. The number of aromatic nitrogens is 2. The number of halogens is 2. The summed E-state index contributed by atoms with van der Waals surface area (Å²) in [7, 11) is 1.79. The number of anilines is 1. The highest BCUT2D eigenvalue weighted by Crippen LogP contribution is 2.32. The van der Waals surface area contributed by atoms with Crippen LogP contribution in [-0.2, 0) is 7.05 Å².